The van der Waals surface area contributed by atoms with Gasteiger partial charge in [-0.25, -0.2) is 4.39 Å². The normalized spacial score (nSPS) is 20.1. The lowest BCUT2D eigenvalue weighted by molar-refractivity contribution is -0.130. The van der Waals surface area contributed by atoms with Gasteiger partial charge in [0.05, 0.1) is 18.7 Å². The number of aliphatic hydroxyl groups is 1. The maximum Gasteiger partial charge on any atom is 0.227 e. The Kier molecular flexibility index (Phi) is 4.76. The number of ether oxygens (including phenoxy) is 1. The van der Waals surface area contributed by atoms with Crippen LogP contribution >= 0.6 is 0 Å². The van der Waals surface area contributed by atoms with Gasteiger partial charge < -0.3 is 14.7 Å². The Morgan fingerprint density at radius 1 is 1.48 bits per heavy atom. The average molecular weight is 347 g/mol. The minimum absolute atomic E-state index is 0.0179. The van der Waals surface area contributed by atoms with Crippen molar-refractivity contribution in [2.24, 2.45) is 0 Å². The lowest BCUT2D eigenvalue weighted by Crippen LogP contribution is -2.41. The second-order valence-corrected chi connectivity index (χ2v) is 6.63. The molecule has 2 heterocycles. The molecule has 0 spiro atoms. The van der Waals surface area contributed by atoms with Crippen molar-refractivity contribution in [1.29, 1.82) is 0 Å². The van der Waals surface area contributed by atoms with Gasteiger partial charge >= 0.3 is 0 Å². The fraction of sp³-hybridized carbons (Fsp3) is 0.444. The van der Waals surface area contributed by atoms with Gasteiger partial charge in [0, 0.05) is 23.9 Å². The third kappa shape index (κ3) is 3.99. The molecule has 7 heteroatoms. The zero-order valence-electron chi connectivity index (χ0n) is 14.4. The predicted molar refractivity (Wildman–Crippen MR) is 89.8 cm³/mol. The van der Waals surface area contributed by atoms with E-state index in [1.165, 1.54) is 12.1 Å². The Balaban J connectivity index is 1.57. The molecule has 1 fully saturated rings. The van der Waals surface area contributed by atoms with Crippen molar-refractivity contribution in [2.45, 2.75) is 32.3 Å². The number of H-pyrrole nitrogens is 1. The van der Waals surface area contributed by atoms with Crippen LogP contribution in [0, 0.1) is 19.7 Å². The largest absolute Gasteiger partial charge is 0.490 e. The first-order chi connectivity index (χ1) is 11.9. The summed E-state index contributed by atoms with van der Waals surface area (Å²) in [6.07, 6.45) is 0.687. The number of hydrogen-bond donors (Lipinski definition) is 2. The van der Waals surface area contributed by atoms with Crippen LogP contribution in [-0.2, 0) is 11.2 Å². The number of benzene rings is 1. The molecule has 1 atom stereocenters. The van der Waals surface area contributed by atoms with Crippen LogP contribution in [0.15, 0.2) is 24.3 Å². The first kappa shape index (κ1) is 17.4. The molecule has 1 saturated heterocycles. The smallest absolute Gasteiger partial charge is 0.227 e. The molecule has 3 rings (SSSR count). The van der Waals surface area contributed by atoms with E-state index in [0.29, 0.717) is 18.7 Å². The summed E-state index contributed by atoms with van der Waals surface area (Å²) in [5, 5.41) is 17.6. The number of nitrogens with one attached hydrogen (secondary N) is 1. The van der Waals surface area contributed by atoms with Crippen molar-refractivity contribution < 1.29 is 19.0 Å². The highest BCUT2D eigenvalue weighted by atomic mass is 19.1. The summed E-state index contributed by atoms with van der Waals surface area (Å²) >= 11 is 0. The molecule has 25 heavy (non-hydrogen) atoms. The van der Waals surface area contributed by atoms with Crippen LogP contribution in [0.3, 0.4) is 0 Å². The standard InChI is InChI=1S/C18H22FN3O3/c1-12-16(13(2)21-20-12)9-17(23)22-7-6-18(24,10-22)11-25-15-5-3-4-14(19)8-15/h3-5,8,24H,6-7,9-11H2,1-2H3,(H,20,21)/t18-/m0/s1. The number of likely N-dealkylation sites (tertiary alicyclic amines) is 1. The lowest BCUT2D eigenvalue weighted by atomic mass is 10.1. The number of halogens is 1. The number of hydrogen-bond acceptors (Lipinski definition) is 4. The van der Waals surface area contributed by atoms with Gasteiger partial charge in [0.1, 0.15) is 23.8 Å². The summed E-state index contributed by atoms with van der Waals surface area (Å²) in [6, 6.07) is 5.78. The van der Waals surface area contributed by atoms with E-state index in [0.717, 1.165) is 17.0 Å². The molecule has 0 saturated carbocycles. The molecule has 0 unspecified atom stereocenters. The minimum atomic E-state index is -1.12. The van der Waals surface area contributed by atoms with Gasteiger partial charge in [0.25, 0.3) is 0 Å². The monoisotopic (exact) mass is 347 g/mol. The maximum atomic E-state index is 13.2. The number of amides is 1. The van der Waals surface area contributed by atoms with Crippen molar-refractivity contribution in [3.63, 3.8) is 0 Å². The molecule has 0 radical (unpaired) electrons. The van der Waals surface area contributed by atoms with E-state index in [1.54, 1.807) is 17.0 Å². The van der Waals surface area contributed by atoms with Crippen molar-refractivity contribution in [2.75, 3.05) is 19.7 Å². The summed E-state index contributed by atoms with van der Waals surface area (Å²) in [4.78, 5) is 14.1. The number of carbonyl (C=O) groups excluding carboxylic acids is 1. The van der Waals surface area contributed by atoms with Crippen molar-refractivity contribution in [3.8, 4) is 5.75 Å². The van der Waals surface area contributed by atoms with Crippen molar-refractivity contribution >= 4 is 5.91 Å². The summed E-state index contributed by atoms with van der Waals surface area (Å²) in [6.45, 7) is 4.44. The molecule has 0 aliphatic carbocycles. The van der Waals surface area contributed by atoms with Crippen LogP contribution in [0.25, 0.3) is 0 Å². The number of aromatic nitrogens is 2. The zero-order chi connectivity index (χ0) is 18.0. The molecule has 6 nitrogen and oxygen atoms in total. The quantitative estimate of drug-likeness (QED) is 0.864. The Labute approximate surface area is 145 Å². The number of nitrogens with zero attached hydrogens (tertiary/aromatic N) is 2. The number of β-amino-alcohol motifs (C(OH)–C–C–N with tert-alkyl or cyclic N) is 1. The number of carbonyl (C=O) groups is 1. The van der Waals surface area contributed by atoms with Crippen LogP contribution in [0.1, 0.15) is 23.4 Å². The average Bonchev–Trinajstić information content (AvgIpc) is 3.11. The second kappa shape index (κ2) is 6.84. The van der Waals surface area contributed by atoms with E-state index in [4.69, 9.17) is 4.74 Å². The molecule has 2 aromatic rings. The lowest BCUT2D eigenvalue weighted by Gasteiger charge is -2.23. The summed E-state index contributed by atoms with van der Waals surface area (Å²) in [7, 11) is 0. The van der Waals surface area contributed by atoms with Crippen LogP contribution in [0.4, 0.5) is 4.39 Å². The van der Waals surface area contributed by atoms with Gasteiger partial charge in [-0.3, -0.25) is 9.89 Å². The molecule has 2 N–H and O–H groups in total. The SMILES string of the molecule is Cc1n[nH]c(C)c1CC(=O)N1CC[C@@](O)(COc2cccc(F)c2)C1. The zero-order valence-corrected chi connectivity index (χ0v) is 14.4. The minimum Gasteiger partial charge on any atom is -0.490 e. The molecule has 1 aromatic carbocycles. The molecule has 1 aliphatic heterocycles. The van der Waals surface area contributed by atoms with Crippen molar-refractivity contribution in [3.05, 3.63) is 47.0 Å². The Bertz CT molecular complexity index is 757. The molecule has 0 bridgehead atoms. The third-order valence-electron chi connectivity index (χ3n) is 4.60. The van der Waals surface area contributed by atoms with Crippen LogP contribution < -0.4 is 4.74 Å². The predicted octanol–water partition coefficient (Wildman–Crippen LogP) is 1.75. The first-order valence-electron chi connectivity index (χ1n) is 8.25. The van der Waals surface area contributed by atoms with Gasteiger partial charge in [-0.1, -0.05) is 6.07 Å². The molecule has 1 aliphatic rings. The fourth-order valence-electron chi connectivity index (χ4n) is 3.06. The van der Waals surface area contributed by atoms with E-state index in [9.17, 15) is 14.3 Å². The number of aryl methyl sites for hydroxylation is 2. The fourth-order valence-corrected chi connectivity index (χ4v) is 3.06. The van der Waals surface area contributed by atoms with Gasteiger partial charge in [-0.15, -0.1) is 0 Å². The second-order valence-electron chi connectivity index (χ2n) is 6.63. The molecular weight excluding hydrogens is 325 g/mol. The Hall–Kier alpha value is -2.41. The van der Waals surface area contributed by atoms with Gasteiger partial charge in [0.15, 0.2) is 0 Å². The summed E-state index contributed by atoms with van der Waals surface area (Å²) in [5.41, 5.74) is 1.48. The Morgan fingerprint density at radius 2 is 2.28 bits per heavy atom. The topological polar surface area (TPSA) is 78.5 Å². The summed E-state index contributed by atoms with van der Waals surface area (Å²) in [5.74, 6) is -0.0734. The first-order valence-corrected chi connectivity index (χ1v) is 8.25. The van der Waals surface area contributed by atoms with E-state index in [2.05, 4.69) is 10.2 Å². The van der Waals surface area contributed by atoms with E-state index in [-0.39, 0.29) is 25.5 Å². The molecular formula is C18H22FN3O3. The highest BCUT2D eigenvalue weighted by Crippen LogP contribution is 2.24. The molecule has 1 aromatic heterocycles. The van der Waals surface area contributed by atoms with E-state index in [1.807, 2.05) is 13.8 Å². The van der Waals surface area contributed by atoms with E-state index < -0.39 is 11.4 Å². The molecule has 134 valence electrons. The van der Waals surface area contributed by atoms with Gasteiger partial charge in [-0.05, 0) is 32.4 Å². The van der Waals surface area contributed by atoms with Gasteiger partial charge in [0.2, 0.25) is 5.91 Å². The van der Waals surface area contributed by atoms with Crippen LogP contribution in [0.2, 0.25) is 0 Å². The number of rotatable bonds is 5. The third-order valence-corrected chi connectivity index (χ3v) is 4.60. The van der Waals surface area contributed by atoms with Crippen LogP contribution in [-0.4, -0.2) is 51.4 Å². The number of aromatic amines is 1. The van der Waals surface area contributed by atoms with E-state index >= 15 is 0 Å². The van der Waals surface area contributed by atoms with Crippen molar-refractivity contribution in [1.82, 2.24) is 15.1 Å². The highest BCUT2D eigenvalue weighted by Gasteiger charge is 2.39. The highest BCUT2D eigenvalue weighted by molar-refractivity contribution is 5.79. The summed E-state index contributed by atoms with van der Waals surface area (Å²) < 4.78 is 18.7. The van der Waals surface area contributed by atoms with Gasteiger partial charge in [-0.2, -0.15) is 5.10 Å². The molecule has 1 amide bonds. The maximum absolute atomic E-state index is 13.2. The Morgan fingerprint density at radius 3 is 2.96 bits per heavy atom. The van der Waals surface area contributed by atoms with Crippen LogP contribution in [0.5, 0.6) is 5.75 Å².